The van der Waals surface area contributed by atoms with E-state index in [9.17, 15) is 0 Å². The lowest BCUT2D eigenvalue weighted by atomic mass is 10.2. The molecule has 0 spiro atoms. The van der Waals surface area contributed by atoms with Crippen LogP contribution in [0.3, 0.4) is 0 Å². The first kappa shape index (κ1) is 16.6. The molecule has 1 saturated heterocycles. The van der Waals surface area contributed by atoms with Crippen LogP contribution in [0.5, 0.6) is 0 Å². The van der Waals surface area contributed by atoms with Crippen molar-refractivity contribution < 1.29 is 9.26 Å². The summed E-state index contributed by atoms with van der Waals surface area (Å²) >= 11 is 3.17. The number of rotatable bonds is 7. The molecular formula is C17H18N4O2S2. The molecule has 8 heteroatoms. The minimum atomic E-state index is 0.298. The molecule has 1 aliphatic heterocycles. The number of hydrogen-bond acceptors (Lipinski definition) is 8. The molecule has 6 nitrogen and oxygen atoms in total. The Bertz CT molecular complexity index is 800. The zero-order valence-corrected chi connectivity index (χ0v) is 15.2. The molecule has 0 amide bonds. The Morgan fingerprint density at radius 1 is 1.24 bits per heavy atom. The first-order valence-electron chi connectivity index (χ1n) is 8.19. The molecule has 3 aromatic rings. The SMILES string of the molecule is c1ccc(-c2cc(CSc3nnc(NC[C@H]4CCCO4)s3)no2)cc1. The topological polar surface area (TPSA) is 73.1 Å². The van der Waals surface area contributed by atoms with Crippen LogP contribution in [0.15, 0.2) is 45.3 Å². The van der Waals surface area contributed by atoms with Crippen LogP contribution in [0, 0.1) is 0 Å². The summed E-state index contributed by atoms with van der Waals surface area (Å²) in [6, 6.07) is 11.9. The molecule has 0 radical (unpaired) electrons. The van der Waals surface area contributed by atoms with E-state index in [-0.39, 0.29) is 0 Å². The number of nitrogens with one attached hydrogen (secondary N) is 1. The van der Waals surface area contributed by atoms with Gasteiger partial charge >= 0.3 is 0 Å². The molecule has 0 saturated carbocycles. The fourth-order valence-corrected chi connectivity index (χ4v) is 4.24. The van der Waals surface area contributed by atoms with Crippen molar-refractivity contribution in [1.29, 1.82) is 0 Å². The first-order chi connectivity index (χ1) is 12.4. The van der Waals surface area contributed by atoms with Crippen molar-refractivity contribution >= 4 is 28.2 Å². The summed E-state index contributed by atoms with van der Waals surface area (Å²) in [6.45, 7) is 1.66. The van der Waals surface area contributed by atoms with Crippen molar-refractivity contribution in [2.24, 2.45) is 0 Å². The van der Waals surface area contributed by atoms with E-state index in [1.54, 1.807) is 23.1 Å². The average molecular weight is 374 g/mol. The Hall–Kier alpha value is -1.90. The van der Waals surface area contributed by atoms with E-state index < -0.39 is 0 Å². The van der Waals surface area contributed by atoms with Crippen LogP contribution in [-0.4, -0.2) is 34.6 Å². The normalized spacial score (nSPS) is 17.0. The van der Waals surface area contributed by atoms with E-state index in [4.69, 9.17) is 9.26 Å². The second-order valence-corrected chi connectivity index (χ2v) is 7.93. The van der Waals surface area contributed by atoms with Gasteiger partial charge in [-0.15, -0.1) is 10.2 Å². The van der Waals surface area contributed by atoms with Crippen LogP contribution < -0.4 is 5.32 Å². The van der Waals surface area contributed by atoms with Crippen molar-refractivity contribution in [2.75, 3.05) is 18.5 Å². The number of hydrogen-bond donors (Lipinski definition) is 1. The third kappa shape index (κ3) is 4.39. The first-order valence-corrected chi connectivity index (χ1v) is 10.00. The number of ether oxygens (including phenoxy) is 1. The zero-order valence-electron chi connectivity index (χ0n) is 13.6. The molecule has 0 unspecified atom stereocenters. The second-order valence-electron chi connectivity index (χ2n) is 5.73. The van der Waals surface area contributed by atoms with E-state index in [0.717, 1.165) is 52.5 Å². The highest BCUT2D eigenvalue weighted by Gasteiger charge is 2.16. The maximum Gasteiger partial charge on any atom is 0.206 e. The van der Waals surface area contributed by atoms with Gasteiger partial charge in [-0.25, -0.2) is 0 Å². The summed E-state index contributed by atoms with van der Waals surface area (Å²) < 4.78 is 11.9. The molecule has 1 atom stereocenters. The molecule has 0 aliphatic carbocycles. The van der Waals surface area contributed by atoms with Crippen LogP contribution in [-0.2, 0) is 10.5 Å². The van der Waals surface area contributed by atoms with Crippen LogP contribution in [0.25, 0.3) is 11.3 Å². The van der Waals surface area contributed by atoms with E-state index >= 15 is 0 Å². The van der Waals surface area contributed by atoms with Crippen LogP contribution in [0.4, 0.5) is 5.13 Å². The maximum absolute atomic E-state index is 5.60. The summed E-state index contributed by atoms with van der Waals surface area (Å²) in [6.07, 6.45) is 2.56. The number of benzene rings is 1. The van der Waals surface area contributed by atoms with Gasteiger partial charge in [0.15, 0.2) is 10.1 Å². The van der Waals surface area contributed by atoms with Crippen LogP contribution >= 0.6 is 23.1 Å². The van der Waals surface area contributed by atoms with Crippen molar-refractivity contribution in [2.45, 2.75) is 29.0 Å². The van der Waals surface area contributed by atoms with Gasteiger partial charge in [-0.2, -0.15) is 0 Å². The van der Waals surface area contributed by atoms with Gasteiger partial charge in [0, 0.05) is 30.5 Å². The minimum Gasteiger partial charge on any atom is -0.376 e. The highest BCUT2D eigenvalue weighted by molar-refractivity contribution is 8.00. The number of anilines is 1. The van der Waals surface area contributed by atoms with Gasteiger partial charge in [-0.05, 0) is 12.8 Å². The molecule has 4 rings (SSSR count). The maximum atomic E-state index is 5.60. The highest BCUT2D eigenvalue weighted by Crippen LogP contribution is 2.29. The summed E-state index contributed by atoms with van der Waals surface area (Å²) in [5.41, 5.74) is 1.93. The van der Waals surface area contributed by atoms with Gasteiger partial charge in [0.1, 0.15) is 0 Å². The van der Waals surface area contributed by atoms with Gasteiger partial charge in [0.05, 0.1) is 11.8 Å². The van der Waals surface area contributed by atoms with Crippen molar-refractivity contribution in [3.63, 3.8) is 0 Å². The summed E-state index contributed by atoms with van der Waals surface area (Å²) in [4.78, 5) is 0. The van der Waals surface area contributed by atoms with E-state index in [1.165, 1.54) is 0 Å². The third-order valence-corrected chi connectivity index (χ3v) is 5.92. The van der Waals surface area contributed by atoms with Gasteiger partial charge in [-0.1, -0.05) is 58.6 Å². The minimum absolute atomic E-state index is 0.298. The lowest BCUT2D eigenvalue weighted by molar-refractivity contribution is 0.120. The smallest absolute Gasteiger partial charge is 0.206 e. The predicted molar refractivity (Wildman–Crippen MR) is 98.9 cm³/mol. The Balaban J connectivity index is 1.29. The predicted octanol–water partition coefficient (Wildman–Crippen LogP) is 4.08. The van der Waals surface area contributed by atoms with Crippen molar-refractivity contribution in [1.82, 2.24) is 15.4 Å². The Morgan fingerprint density at radius 2 is 2.16 bits per heavy atom. The molecule has 1 fully saturated rings. The summed E-state index contributed by atoms with van der Waals surface area (Å²) in [5, 5.41) is 16.7. The molecule has 25 heavy (non-hydrogen) atoms. The standard InChI is InChI=1S/C17H18N4O2S2/c1-2-5-12(6-3-1)15-9-13(21-23-15)11-24-17-20-19-16(25-17)18-10-14-7-4-8-22-14/h1-3,5-6,9,14H,4,7-8,10-11H2,(H,18,19)/t14-/m1/s1. The summed E-state index contributed by atoms with van der Waals surface area (Å²) in [7, 11) is 0. The lowest BCUT2D eigenvalue weighted by Gasteiger charge is -2.08. The van der Waals surface area contributed by atoms with Gasteiger partial charge < -0.3 is 14.6 Å². The second kappa shape index (κ2) is 7.99. The zero-order chi connectivity index (χ0) is 16.9. The number of thioether (sulfide) groups is 1. The highest BCUT2D eigenvalue weighted by atomic mass is 32.2. The molecule has 1 aromatic carbocycles. The molecule has 3 heterocycles. The van der Waals surface area contributed by atoms with E-state index in [1.807, 2.05) is 36.4 Å². The Kier molecular flexibility index (Phi) is 5.29. The number of nitrogens with zero attached hydrogens (tertiary/aromatic N) is 3. The third-order valence-electron chi connectivity index (χ3n) is 3.87. The Labute approximate surface area is 154 Å². The van der Waals surface area contributed by atoms with Gasteiger partial charge in [-0.3, -0.25) is 0 Å². The monoisotopic (exact) mass is 374 g/mol. The number of aromatic nitrogens is 3. The lowest BCUT2D eigenvalue weighted by Crippen LogP contribution is -2.18. The fourth-order valence-electron chi connectivity index (χ4n) is 2.60. The van der Waals surface area contributed by atoms with Gasteiger partial charge in [0.25, 0.3) is 0 Å². The fraction of sp³-hybridized carbons (Fsp3) is 0.353. The van der Waals surface area contributed by atoms with E-state index in [2.05, 4.69) is 20.7 Å². The molecule has 130 valence electrons. The molecule has 1 aliphatic rings. The Morgan fingerprint density at radius 3 is 3.00 bits per heavy atom. The van der Waals surface area contributed by atoms with Crippen molar-refractivity contribution in [3.05, 3.63) is 42.1 Å². The van der Waals surface area contributed by atoms with Crippen molar-refractivity contribution in [3.8, 4) is 11.3 Å². The summed E-state index contributed by atoms with van der Waals surface area (Å²) in [5.74, 6) is 1.49. The van der Waals surface area contributed by atoms with Gasteiger partial charge in [0.2, 0.25) is 5.13 Å². The van der Waals surface area contributed by atoms with Crippen LogP contribution in [0.2, 0.25) is 0 Å². The molecule has 1 N–H and O–H groups in total. The molecule has 0 bridgehead atoms. The average Bonchev–Trinajstić information content (AvgIpc) is 3.40. The molecule has 2 aromatic heterocycles. The quantitative estimate of drug-likeness (QED) is 0.625. The van der Waals surface area contributed by atoms with Crippen LogP contribution in [0.1, 0.15) is 18.5 Å². The largest absolute Gasteiger partial charge is 0.376 e. The molecular weight excluding hydrogens is 356 g/mol. The van der Waals surface area contributed by atoms with E-state index in [0.29, 0.717) is 11.9 Å².